The zero-order valence-corrected chi connectivity index (χ0v) is 11.2. The summed E-state index contributed by atoms with van der Waals surface area (Å²) in [6.45, 7) is 5.64. The molecule has 0 saturated carbocycles. The molecule has 1 fully saturated rings. The SMILES string of the molecule is CCc1nsc(N2CC(C)C(C(=O)OC)C2)n1. The van der Waals surface area contributed by atoms with E-state index in [0.29, 0.717) is 12.5 Å². The molecule has 1 aliphatic rings. The molecule has 0 amide bonds. The molecule has 0 bridgehead atoms. The Labute approximate surface area is 105 Å². The number of methoxy groups -OCH3 is 1. The lowest BCUT2D eigenvalue weighted by atomic mass is 9.99. The van der Waals surface area contributed by atoms with Crippen LogP contribution in [0.1, 0.15) is 19.7 Å². The number of ether oxygens (including phenoxy) is 1. The third kappa shape index (κ3) is 2.41. The minimum absolute atomic E-state index is 0.0472. The van der Waals surface area contributed by atoms with Gasteiger partial charge in [-0.05, 0) is 5.92 Å². The first-order valence-electron chi connectivity index (χ1n) is 5.81. The average molecular weight is 255 g/mol. The first kappa shape index (κ1) is 12.3. The van der Waals surface area contributed by atoms with Crippen LogP contribution >= 0.6 is 11.5 Å². The van der Waals surface area contributed by atoms with E-state index in [4.69, 9.17) is 4.74 Å². The molecule has 0 spiro atoms. The van der Waals surface area contributed by atoms with Crippen molar-refractivity contribution in [2.45, 2.75) is 20.3 Å². The van der Waals surface area contributed by atoms with Crippen molar-refractivity contribution < 1.29 is 9.53 Å². The van der Waals surface area contributed by atoms with Crippen molar-refractivity contribution in [3.8, 4) is 0 Å². The molecule has 2 rings (SSSR count). The Morgan fingerprint density at radius 2 is 2.35 bits per heavy atom. The number of aryl methyl sites for hydroxylation is 1. The molecule has 2 heterocycles. The Balaban J connectivity index is 2.08. The maximum absolute atomic E-state index is 11.6. The van der Waals surface area contributed by atoms with Gasteiger partial charge in [0.15, 0.2) is 0 Å². The normalized spacial score (nSPS) is 24.1. The van der Waals surface area contributed by atoms with Gasteiger partial charge in [0.2, 0.25) is 5.13 Å². The van der Waals surface area contributed by atoms with Crippen molar-refractivity contribution in [3.63, 3.8) is 0 Å². The van der Waals surface area contributed by atoms with Crippen LogP contribution in [0.2, 0.25) is 0 Å². The predicted octanol–water partition coefficient (Wildman–Crippen LogP) is 1.35. The Morgan fingerprint density at radius 1 is 1.59 bits per heavy atom. The first-order valence-corrected chi connectivity index (χ1v) is 6.58. The van der Waals surface area contributed by atoms with Crippen LogP contribution in [0.5, 0.6) is 0 Å². The molecule has 0 N–H and O–H groups in total. The van der Waals surface area contributed by atoms with Crippen LogP contribution in [0.4, 0.5) is 5.13 Å². The summed E-state index contributed by atoms with van der Waals surface area (Å²) in [7, 11) is 1.44. The molecule has 1 aromatic heterocycles. The van der Waals surface area contributed by atoms with E-state index in [9.17, 15) is 4.79 Å². The smallest absolute Gasteiger partial charge is 0.310 e. The zero-order valence-electron chi connectivity index (χ0n) is 10.3. The molecule has 1 saturated heterocycles. The number of anilines is 1. The van der Waals surface area contributed by atoms with E-state index < -0.39 is 0 Å². The molecule has 0 aliphatic carbocycles. The van der Waals surface area contributed by atoms with Gasteiger partial charge in [-0.1, -0.05) is 13.8 Å². The van der Waals surface area contributed by atoms with Crippen molar-refractivity contribution in [1.29, 1.82) is 0 Å². The van der Waals surface area contributed by atoms with E-state index in [-0.39, 0.29) is 11.9 Å². The Bertz CT molecular complexity index is 407. The lowest BCUT2D eigenvalue weighted by Gasteiger charge is -2.12. The van der Waals surface area contributed by atoms with Gasteiger partial charge in [0.25, 0.3) is 0 Å². The lowest BCUT2D eigenvalue weighted by molar-refractivity contribution is -0.145. The molecule has 17 heavy (non-hydrogen) atoms. The fourth-order valence-electron chi connectivity index (χ4n) is 2.10. The van der Waals surface area contributed by atoms with Crippen molar-refractivity contribution in [2.24, 2.45) is 11.8 Å². The van der Waals surface area contributed by atoms with E-state index in [1.165, 1.54) is 18.6 Å². The maximum Gasteiger partial charge on any atom is 0.310 e. The van der Waals surface area contributed by atoms with E-state index >= 15 is 0 Å². The highest BCUT2D eigenvalue weighted by molar-refractivity contribution is 7.09. The van der Waals surface area contributed by atoms with Crippen LogP contribution in [0.25, 0.3) is 0 Å². The van der Waals surface area contributed by atoms with E-state index in [1.807, 2.05) is 6.92 Å². The summed E-state index contributed by atoms with van der Waals surface area (Å²) in [6, 6.07) is 0. The summed E-state index contributed by atoms with van der Waals surface area (Å²) in [4.78, 5) is 18.2. The first-order chi connectivity index (χ1) is 8.15. The number of hydrogen-bond donors (Lipinski definition) is 0. The van der Waals surface area contributed by atoms with Crippen LogP contribution in [-0.4, -0.2) is 35.5 Å². The number of carbonyl (C=O) groups is 1. The van der Waals surface area contributed by atoms with Gasteiger partial charge in [-0.3, -0.25) is 4.79 Å². The lowest BCUT2D eigenvalue weighted by Crippen LogP contribution is -2.24. The quantitative estimate of drug-likeness (QED) is 0.763. The number of nitrogens with zero attached hydrogens (tertiary/aromatic N) is 3. The second-order valence-electron chi connectivity index (χ2n) is 4.36. The molecule has 2 unspecified atom stereocenters. The topological polar surface area (TPSA) is 55.3 Å². The number of aromatic nitrogens is 2. The number of rotatable bonds is 3. The molecular weight excluding hydrogens is 238 g/mol. The van der Waals surface area contributed by atoms with Crippen molar-refractivity contribution >= 4 is 22.6 Å². The molecule has 0 aromatic carbocycles. The van der Waals surface area contributed by atoms with Crippen LogP contribution in [0, 0.1) is 11.8 Å². The molecule has 94 valence electrons. The molecule has 0 radical (unpaired) electrons. The molecule has 1 aliphatic heterocycles. The van der Waals surface area contributed by atoms with Gasteiger partial charge < -0.3 is 9.64 Å². The summed E-state index contributed by atoms with van der Waals surface area (Å²) >= 11 is 1.41. The standard InChI is InChI=1S/C11H17N3O2S/c1-4-9-12-11(17-13-9)14-5-7(2)8(6-14)10(15)16-3/h7-8H,4-6H2,1-3H3. The third-order valence-electron chi connectivity index (χ3n) is 3.16. The van der Waals surface area contributed by atoms with Gasteiger partial charge in [0.05, 0.1) is 13.0 Å². The van der Waals surface area contributed by atoms with Gasteiger partial charge >= 0.3 is 5.97 Å². The second-order valence-corrected chi connectivity index (χ2v) is 5.09. The highest BCUT2D eigenvalue weighted by Crippen LogP contribution is 2.29. The number of carbonyl (C=O) groups excluding carboxylic acids is 1. The van der Waals surface area contributed by atoms with Gasteiger partial charge in [-0.2, -0.15) is 4.37 Å². The fourth-order valence-corrected chi connectivity index (χ4v) is 2.87. The summed E-state index contributed by atoms with van der Waals surface area (Å²) in [6.07, 6.45) is 0.848. The largest absolute Gasteiger partial charge is 0.469 e. The molecule has 1 aromatic rings. The Hall–Kier alpha value is -1.17. The van der Waals surface area contributed by atoms with E-state index in [1.54, 1.807) is 0 Å². The summed E-state index contributed by atoms with van der Waals surface area (Å²) in [5.74, 6) is 1.00. The van der Waals surface area contributed by atoms with Gasteiger partial charge in [-0.15, -0.1) is 0 Å². The third-order valence-corrected chi connectivity index (χ3v) is 3.98. The highest BCUT2D eigenvalue weighted by Gasteiger charge is 2.36. The zero-order chi connectivity index (χ0) is 12.4. The minimum atomic E-state index is -0.125. The maximum atomic E-state index is 11.6. The monoisotopic (exact) mass is 255 g/mol. The van der Waals surface area contributed by atoms with Crippen molar-refractivity contribution in [2.75, 3.05) is 25.1 Å². The Kier molecular flexibility index (Phi) is 3.61. The van der Waals surface area contributed by atoms with Gasteiger partial charge in [-0.25, -0.2) is 4.98 Å². The van der Waals surface area contributed by atoms with Crippen molar-refractivity contribution in [1.82, 2.24) is 9.36 Å². The number of esters is 1. The highest BCUT2D eigenvalue weighted by atomic mass is 32.1. The second kappa shape index (κ2) is 5.00. The number of hydrogen-bond acceptors (Lipinski definition) is 6. The van der Waals surface area contributed by atoms with Crippen LogP contribution in [0.15, 0.2) is 0 Å². The van der Waals surface area contributed by atoms with Crippen LogP contribution in [0.3, 0.4) is 0 Å². The minimum Gasteiger partial charge on any atom is -0.469 e. The summed E-state index contributed by atoms with van der Waals surface area (Å²) in [5.41, 5.74) is 0. The van der Waals surface area contributed by atoms with E-state index in [0.717, 1.165) is 23.9 Å². The van der Waals surface area contributed by atoms with Crippen LogP contribution in [-0.2, 0) is 16.0 Å². The van der Waals surface area contributed by atoms with Crippen LogP contribution < -0.4 is 4.90 Å². The van der Waals surface area contributed by atoms with E-state index in [2.05, 4.69) is 21.2 Å². The molecule has 6 heteroatoms. The molecule has 2 atom stereocenters. The Morgan fingerprint density at radius 3 is 2.94 bits per heavy atom. The molecular formula is C11H17N3O2S. The van der Waals surface area contributed by atoms with Gasteiger partial charge in [0.1, 0.15) is 5.82 Å². The molecule has 5 nitrogen and oxygen atoms in total. The van der Waals surface area contributed by atoms with Gasteiger partial charge in [0, 0.05) is 31.0 Å². The summed E-state index contributed by atoms with van der Waals surface area (Å²) < 4.78 is 9.08. The van der Waals surface area contributed by atoms with Crippen molar-refractivity contribution in [3.05, 3.63) is 5.82 Å². The summed E-state index contributed by atoms with van der Waals surface area (Å²) in [5, 5.41) is 0.917. The average Bonchev–Trinajstić information content (AvgIpc) is 2.94. The predicted molar refractivity (Wildman–Crippen MR) is 66.2 cm³/mol. The fraction of sp³-hybridized carbons (Fsp3) is 0.727.